The van der Waals surface area contributed by atoms with Crippen molar-refractivity contribution in [3.05, 3.63) is 59.7 Å². The molecule has 1 aliphatic carbocycles. The third kappa shape index (κ3) is 1.76. The summed E-state index contributed by atoms with van der Waals surface area (Å²) in [4.78, 5) is 0. The number of aryl methyl sites for hydroxylation is 1. The largest absolute Gasteiger partial charge is 0.0622 e. The molecule has 0 atom stereocenters. The summed E-state index contributed by atoms with van der Waals surface area (Å²) in [6.45, 7) is 2.16. The van der Waals surface area contributed by atoms with Gasteiger partial charge in [-0.3, -0.25) is 0 Å². The van der Waals surface area contributed by atoms with E-state index in [-0.39, 0.29) is 0 Å². The molecule has 0 saturated heterocycles. The minimum absolute atomic E-state index is 0.795. The molecule has 0 nitrogen and oxygen atoms in total. The van der Waals surface area contributed by atoms with Gasteiger partial charge in [-0.2, -0.15) is 0 Å². The number of benzene rings is 2. The Balaban J connectivity index is 2.02. The van der Waals surface area contributed by atoms with Crippen molar-refractivity contribution in [2.45, 2.75) is 25.7 Å². The standard InChI is InChI=1S/C16H15/c1-12-11-15(13-7-8-13)9-10-16(12)14-5-3-2-4-6-14/h2-6,9-10,13H,7-8H2,1H3. The predicted molar refractivity (Wildman–Crippen MR) is 67.4 cm³/mol. The molecule has 3 rings (SSSR count). The van der Waals surface area contributed by atoms with E-state index in [9.17, 15) is 0 Å². The van der Waals surface area contributed by atoms with Gasteiger partial charge in [-0.1, -0.05) is 42.5 Å². The van der Waals surface area contributed by atoms with E-state index in [1.807, 2.05) is 0 Å². The molecule has 0 heterocycles. The van der Waals surface area contributed by atoms with Gasteiger partial charge in [0.15, 0.2) is 0 Å². The summed E-state index contributed by atoms with van der Waals surface area (Å²) in [6.07, 6.45) is 2.70. The smallest absolute Gasteiger partial charge is 0.0108 e. The average Bonchev–Trinajstić information content (AvgIpc) is 3.14. The molecular weight excluding hydrogens is 192 g/mol. The van der Waals surface area contributed by atoms with Crippen LogP contribution in [-0.2, 0) is 0 Å². The molecule has 0 unspecified atom stereocenters. The van der Waals surface area contributed by atoms with Crippen LogP contribution in [0, 0.1) is 13.0 Å². The number of hydrogen-bond acceptors (Lipinski definition) is 0. The van der Waals surface area contributed by atoms with Crippen LogP contribution in [-0.4, -0.2) is 0 Å². The zero-order chi connectivity index (χ0) is 11.0. The van der Waals surface area contributed by atoms with E-state index in [0.29, 0.717) is 0 Å². The average molecular weight is 207 g/mol. The molecule has 0 aromatic heterocycles. The zero-order valence-electron chi connectivity index (χ0n) is 9.53. The summed E-state index contributed by atoms with van der Waals surface area (Å²) in [7, 11) is 0. The van der Waals surface area contributed by atoms with E-state index >= 15 is 0 Å². The fourth-order valence-corrected chi connectivity index (χ4v) is 2.19. The first-order valence-electron chi connectivity index (χ1n) is 5.93. The molecule has 0 spiro atoms. The molecular formula is C16H15. The quantitative estimate of drug-likeness (QED) is 0.687. The summed E-state index contributed by atoms with van der Waals surface area (Å²) in [5.41, 5.74) is 5.27. The van der Waals surface area contributed by atoms with Crippen LogP contribution in [0.15, 0.2) is 42.5 Å². The highest BCUT2D eigenvalue weighted by molar-refractivity contribution is 5.67. The third-order valence-electron chi connectivity index (χ3n) is 3.27. The summed E-state index contributed by atoms with van der Waals surface area (Å²) in [5.74, 6) is 0.795. The minimum atomic E-state index is 0.795. The molecule has 0 bridgehead atoms. The van der Waals surface area contributed by atoms with Crippen LogP contribution in [0.1, 0.15) is 29.9 Å². The van der Waals surface area contributed by atoms with E-state index in [4.69, 9.17) is 0 Å². The molecule has 0 amide bonds. The van der Waals surface area contributed by atoms with E-state index in [1.54, 1.807) is 0 Å². The highest BCUT2D eigenvalue weighted by Gasteiger charge is 2.23. The normalized spacial score (nSPS) is 15.1. The second-order valence-electron chi connectivity index (χ2n) is 4.59. The van der Waals surface area contributed by atoms with Crippen molar-refractivity contribution in [2.24, 2.45) is 0 Å². The van der Waals surface area contributed by atoms with Gasteiger partial charge in [0.05, 0.1) is 0 Å². The lowest BCUT2D eigenvalue weighted by Gasteiger charge is -2.07. The monoisotopic (exact) mass is 207 g/mol. The first-order valence-corrected chi connectivity index (χ1v) is 5.93. The SMILES string of the molecule is Cc1[c]c(C2CC2)ccc1-c1ccccc1. The topological polar surface area (TPSA) is 0 Å². The van der Waals surface area contributed by atoms with Crippen LogP contribution in [0.2, 0.25) is 0 Å². The van der Waals surface area contributed by atoms with Crippen molar-refractivity contribution in [1.82, 2.24) is 0 Å². The van der Waals surface area contributed by atoms with E-state index in [0.717, 1.165) is 5.92 Å². The predicted octanol–water partition coefficient (Wildman–Crippen LogP) is 4.34. The molecule has 2 aromatic rings. The molecule has 2 aromatic carbocycles. The Labute approximate surface area is 96.9 Å². The van der Waals surface area contributed by atoms with Gasteiger partial charge in [0.2, 0.25) is 0 Å². The molecule has 16 heavy (non-hydrogen) atoms. The lowest BCUT2D eigenvalue weighted by Crippen LogP contribution is -1.87. The molecule has 1 fully saturated rings. The van der Waals surface area contributed by atoms with E-state index < -0.39 is 0 Å². The van der Waals surface area contributed by atoms with Gasteiger partial charge in [0, 0.05) is 0 Å². The molecule has 79 valence electrons. The molecule has 0 heteroatoms. The van der Waals surface area contributed by atoms with Crippen LogP contribution in [0.25, 0.3) is 11.1 Å². The second kappa shape index (κ2) is 3.79. The summed E-state index contributed by atoms with van der Waals surface area (Å²) in [6, 6.07) is 18.6. The lowest BCUT2D eigenvalue weighted by molar-refractivity contribution is 1.12. The van der Waals surface area contributed by atoms with Gasteiger partial charge >= 0.3 is 0 Å². The zero-order valence-corrected chi connectivity index (χ0v) is 9.53. The van der Waals surface area contributed by atoms with Crippen molar-refractivity contribution in [3.8, 4) is 11.1 Å². The van der Waals surface area contributed by atoms with Crippen LogP contribution >= 0.6 is 0 Å². The number of rotatable bonds is 2. The number of hydrogen-bond donors (Lipinski definition) is 0. The van der Waals surface area contributed by atoms with Gasteiger partial charge in [-0.25, -0.2) is 0 Å². The Hall–Kier alpha value is -1.56. The van der Waals surface area contributed by atoms with Crippen molar-refractivity contribution < 1.29 is 0 Å². The van der Waals surface area contributed by atoms with Crippen LogP contribution in [0.4, 0.5) is 0 Å². The third-order valence-corrected chi connectivity index (χ3v) is 3.27. The molecule has 0 aliphatic heterocycles. The Bertz CT molecular complexity index is 493. The molecule has 0 N–H and O–H groups in total. The van der Waals surface area contributed by atoms with Crippen molar-refractivity contribution in [3.63, 3.8) is 0 Å². The van der Waals surface area contributed by atoms with Crippen LogP contribution < -0.4 is 0 Å². The molecule has 1 radical (unpaired) electrons. The van der Waals surface area contributed by atoms with Gasteiger partial charge in [0.25, 0.3) is 0 Å². The Morgan fingerprint density at radius 2 is 1.75 bits per heavy atom. The summed E-state index contributed by atoms with van der Waals surface area (Å²) in [5, 5.41) is 0. The Morgan fingerprint density at radius 3 is 2.38 bits per heavy atom. The fraction of sp³-hybridized carbons (Fsp3) is 0.250. The van der Waals surface area contributed by atoms with Crippen molar-refractivity contribution >= 4 is 0 Å². The van der Waals surface area contributed by atoms with Crippen molar-refractivity contribution in [1.29, 1.82) is 0 Å². The Kier molecular flexibility index (Phi) is 2.28. The van der Waals surface area contributed by atoms with Crippen LogP contribution in [0.3, 0.4) is 0 Å². The van der Waals surface area contributed by atoms with Crippen molar-refractivity contribution in [2.75, 3.05) is 0 Å². The van der Waals surface area contributed by atoms with Gasteiger partial charge < -0.3 is 0 Å². The molecule has 1 saturated carbocycles. The van der Waals surface area contributed by atoms with Gasteiger partial charge in [-0.15, -0.1) is 0 Å². The fourth-order valence-electron chi connectivity index (χ4n) is 2.19. The maximum Gasteiger partial charge on any atom is -0.0108 e. The summed E-state index contributed by atoms with van der Waals surface area (Å²) >= 11 is 0. The summed E-state index contributed by atoms with van der Waals surface area (Å²) < 4.78 is 0. The second-order valence-corrected chi connectivity index (χ2v) is 4.59. The van der Waals surface area contributed by atoms with E-state index in [2.05, 4.69) is 55.5 Å². The maximum absolute atomic E-state index is 3.54. The van der Waals surface area contributed by atoms with E-state index in [1.165, 1.54) is 35.1 Å². The highest BCUT2D eigenvalue weighted by Crippen LogP contribution is 2.40. The van der Waals surface area contributed by atoms with Crippen LogP contribution in [0.5, 0.6) is 0 Å². The molecule has 1 aliphatic rings. The Morgan fingerprint density at radius 1 is 1.00 bits per heavy atom. The minimum Gasteiger partial charge on any atom is -0.0622 e. The highest BCUT2D eigenvalue weighted by atomic mass is 14.3. The van der Waals surface area contributed by atoms with Gasteiger partial charge in [-0.05, 0) is 54.0 Å². The lowest BCUT2D eigenvalue weighted by atomic mass is 9.97. The maximum atomic E-state index is 3.54. The van der Waals surface area contributed by atoms with Gasteiger partial charge in [0.1, 0.15) is 0 Å². The first-order chi connectivity index (χ1) is 7.84. The first kappa shape index (κ1) is 9.65.